The fraction of sp³-hybridized carbons (Fsp3) is 0.593. The van der Waals surface area contributed by atoms with Crippen molar-refractivity contribution in [1.29, 1.82) is 0 Å². The molecule has 2 aliphatic rings. The molecule has 5 rings (SSSR count). The molecule has 1 aliphatic heterocycles. The third-order valence-electron chi connectivity index (χ3n) is 7.47. The van der Waals surface area contributed by atoms with Crippen LogP contribution in [0.15, 0.2) is 24.4 Å². The summed E-state index contributed by atoms with van der Waals surface area (Å²) in [4.78, 5) is 12.0. The molecule has 3 aromatic rings. The first-order valence-electron chi connectivity index (χ1n) is 12.9. The Bertz CT molecular complexity index is 1170. The molecule has 1 saturated carbocycles. The lowest BCUT2D eigenvalue weighted by molar-refractivity contribution is 0.0960. The van der Waals surface area contributed by atoms with Crippen molar-refractivity contribution in [2.45, 2.75) is 78.1 Å². The molecule has 3 heterocycles. The Kier molecular flexibility index (Phi) is 6.57. The van der Waals surface area contributed by atoms with Gasteiger partial charge in [0, 0.05) is 24.3 Å². The Balaban J connectivity index is 1.36. The van der Waals surface area contributed by atoms with Crippen molar-refractivity contribution < 1.29 is 9.47 Å². The molecule has 2 aromatic heterocycles. The Morgan fingerprint density at radius 2 is 1.83 bits per heavy atom. The number of aryl methyl sites for hydroxylation is 1. The van der Waals surface area contributed by atoms with Crippen LogP contribution in [0.1, 0.15) is 58.3 Å². The van der Waals surface area contributed by atoms with Crippen LogP contribution in [0.25, 0.3) is 22.9 Å². The average Bonchev–Trinajstić information content (AvgIpc) is 3.39. The zero-order chi connectivity index (χ0) is 24.7. The minimum atomic E-state index is 0.182. The summed E-state index contributed by atoms with van der Waals surface area (Å²) in [5, 5.41) is 4.56. The molecule has 0 spiro atoms. The average molecular weight is 479 g/mol. The van der Waals surface area contributed by atoms with E-state index in [1.54, 1.807) is 0 Å². The molecule has 0 amide bonds. The fourth-order valence-corrected chi connectivity index (χ4v) is 5.41. The minimum Gasteiger partial charge on any atom is -0.491 e. The number of ether oxygens (including phenoxy) is 2. The number of hydrogen-bond acceptors (Lipinski definition) is 6. The van der Waals surface area contributed by atoms with Crippen LogP contribution < -0.4 is 9.47 Å². The lowest BCUT2D eigenvalue weighted by atomic mass is 9.82. The van der Waals surface area contributed by atoms with Gasteiger partial charge in [-0.15, -0.1) is 0 Å². The number of nitrogens with zero attached hydrogens (tertiary/aromatic N) is 6. The molecule has 1 unspecified atom stereocenters. The zero-order valence-electron chi connectivity index (χ0n) is 21.9. The maximum Gasteiger partial charge on any atom is 0.178 e. The van der Waals surface area contributed by atoms with E-state index in [1.165, 1.54) is 25.7 Å². The van der Waals surface area contributed by atoms with E-state index in [4.69, 9.17) is 14.5 Å². The van der Waals surface area contributed by atoms with Gasteiger partial charge in [0.1, 0.15) is 35.4 Å². The van der Waals surface area contributed by atoms with Crippen molar-refractivity contribution >= 4 is 0 Å². The first-order chi connectivity index (χ1) is 16.8. The lowest BCUT2D eigenvalue weighted by Crippen LogP contribution is -2.36. The Morgan fingerprint density at radius 1 is 1.06 bits per heavy atom. The third kappa shape index (κ3) is 4.81. The van der Waals surface area contributed by atoms with Crippen LogP contribution in [0, 0.1) is 12.8 Å². The maximum absolute atomic E-state index is 6.42. The van der Waals surface area contributed by atoms with Crippen molar-refractivity contribution in [1.82, 2.24) is 29.2 Å². The second kappa shape index (κ2) is 9.64. The van der Waals surface area contributed by atoms with E-state index in [1.807, 2.05) is 17.7 Å². The topological polar surface area (TPSA) is 70.2 Å². The van der Waals surface area contributed by atoms with Crippen molar-refractivity contribution in [3.8, 4) is 34.4 Å². The summed E-state index contributed by atoms with van der Waals surface area (Å²) in [6.07, 6.45) is 7.16. The van der Waals surface area contributed by atoms with Crippen LogP contribution in [-0.4, -0.2) is 62.1 Å². The van der Waals surface area contributed by atoms with Gasteiger partial charge in [-0.3, -0.25) is 0 Å². The van der Waals surface area contributed by atoms with Crippen LogP contribution >= 0.6 is 0 Å². The monoisotopic (exact) mass is 478 g/mol. The molecule has 0 N–H and O–H groups in total. The number of rotatable bonds is 6. The van der Waals surface area contributed by atoms with Crippen LogP contribution in [0.5, 0.6) is 11.5 Å². The second-order valence-corrected chi connectivity index (χ2v) is 10.5. The molecule has 1 aliphatic carbocycles. The van der Waals surface area contributed by atoms with E-state index in [9.17, 15) is 0 Å². The van der Waals surface area contributed by atoms with Gasteiger partial charge in [-0.25, -0.2) is 14.6 Å². The fourth-order valence-electron chi connectivity index (χ4n) is 5.41. The summed E-state index contributed by atoms with van der Waals surface area (Å²) in [5.74, 6) is 4.73. The van der Waals surface area contributed by atoms with Crippen LogP contribution in [0.4, 0.5) is 0 Å². The van der Waals surface area contributed by atoms with Gasteiger partial charge in [-0.2, -0.15) is 5.10 Å². The smallest absolute Gasteiger partial charge is 0.178 e. The Labute approximate surface area is 208 Å². The van der Waals surface area contributed by atoms with Gasteiger partial charge >= 0.3 is 0 Å². The molecule has 8 nitrogen and oxygen atoms in total. The van der Waals surface area contributed by atoms with E-state index in [2.05, 4.69) is 72.7 Å². The summed E-state index contributed by atoms with van der Waals surface area (Å²) in [7, 11) is 4.37. The van der Waals surface area contributed by atoms with Crippen LogP contribution in [0.2, 0.25) is 0 Å². The first kappa shape index (κ1) is 23.9. The Morgan fingerprint density at radius 3 is 2.54 bits per heavy atom. The molecule has 0 bridgehead atoms. The summed E-state index contributed by atoms with van der Waals surface area (Å²) >= 11 is 0. The van der Waals surface area contributed by atoms with Crippen molar-refractivity contribution in [3.63, 3.8) is 0 Å². The molecule has 1 atom stereocenters. The summed E-state index contributed by atoms with van der Waals surface area (Å²) < 4.78 is 16.6. The molecule has 0 radical (unpaired) electrons. The quantitative estimate of drug-likeness (QED) is 0.498. The van der Waals surface area contributed by atoms with E-state index >= 15 is 0 Å². The third-order valence-corrected chi connectivity index (χ3v) is 7.47. The highest BCUT2D eigenvalue weighted by Crippen LogP contribution is 2.38. The number of benzene rings is 1. The molecular formula is C27H38N6O2. The van der Waals surface area contributed by atoms with Gasteiger partial charge < -0.3 is 18.9 Å². The largest absolute Gasteiger partial charge is 0.491 e. The van der Waals surface area contributed by atoms with E-state index < -0.39 is 0 Å². The van der Waals surface area contributed by atoms with Crippen molar-refractivity contribution in [2.75, 3.05) is 20.7 Å². The molecule has 35 heavy (non-hydrogen) atoms. The molecule has 8 heteroatoms. The normalized spacial score (nSPS) is 20.8. The first-order valence-corrected chi connectivity index (χ1v) is 12.9. The van der Waals surface area contributed by atoms with Crippen molar-refractivity contribution in [2.24, 2.45) is 5.92 Å². The van der Waals surface area contributed by atoms with Gasteiger partial charge in [0.2, 0.25) is 0 Å². The van der Waals surface area contributed by atoms with E-state index in [-0.39, 0.29) is 12.1 Å². The lowest BCUT2D eigenvalue weighted by Gasteiger charge is -2.35. The van der Waals surface area contributed by atoms with Crippen LogP contribution in [-0.2, 0) is 6.54 Å². The molecule has 188 valence electrons. The van der Waals surface area contributed by atoms with Gasteiger partial charge in [0.15, 0.2) is 5.82 Å². The predicted octanol–water partition coefficient (Wildman–Crippen LogP) is 4.98. The highest BCUT2D eigenvalue weighted by molar-refractivity contribution is 5.69. The number of imidazole rings is 1. The second-order valence-electron chi connectivity index (χ2n) is 10.5. The highest BCUT2D eigenvalue weighted by atomic mass is 16.5. The molecule has 1 fully saturated rings. The Hall–Kier alpha value is -2.87. The van der Waals surface area contributed by atoms with Gasteiger partial charge in [0.05, 0.1) is 18.2 Å². The zero-order valence-corrected chi connectivity index (χ0v) is 21.9. The molecule has 1 aromatic carbocycles. The van der Waals surface area contributed by atoms with Crippen LogP contribution in [0.3, 0.4) is 0 Å². The highest BCUT2D eigenvalue weighted by Gasteiger charge is 2.28. The number of fused-ring (bicyclic) bond motifs is 3. The summed E-state index contributed by atoms with van der Waals surface area (Å²) in [6, 6.07) is 7.07. The van der Waals surface area contributed by atoms with Crippen molar-refractivity contribution in [3.05, 3.63) is 30.2 Å². The SMILES string of the molecule is Cc1nc(-c2cn3c(n2)-c2ccc(OC(C)C4CCC(N(C)C)CC4)cc2OCC3)n(C(C)C)n1. The molecule has 0 saturated heterocycles. The van der Waals surface area contributed by atoms with Gasteiger partial charge in [0.25, 0.3) is 0 Å². The van der Waals surface area contributed by atoms with Gasteiger partial charge in [-0.05, 0) is 85.5 Å². The van der Waals surface area contributed by atoms with Gasteiger partial charge in [-0.1, -0.05) is 0 Å². The summed E-state index contributed by atoms with van der Waals surface area (Å²) in [5.41, 5.74) is 1.82. The standard InChI is InChI=1S/C27H38N6O2/c1-17(2)33-27(28-19(4)30-33)24-16-32-13-14-34-25-15-22(11-12-23(25)26(32)29-24)35-18(3)20-7-9-21(10-8-20)31(5)6/h11-12,15-18,20-21H,7-10,13-14H2,1-6H3. The summed E-state index contributed by atoms with van der Waals surface area (Å²) in [6.45, 7) is 9.66. The molecular weight excluding hydrogens is 440 g/mol. The number of hydrogen-bond donors (Lipinski definition) is 0. The van der Waals surface area contributed by atoms with E-state index in [0.29, 0.717) is 18.6 Å². The van der Waals surface area contributed by atoms with E-state index in [0.717, 1.165) is 46.8 Å². The number of aromatic nitrogens is 5. The minimum absolute atomic E-state index is 0.182. The predicted molar refractivity (Wildman–Crippen MR) is 137 cm³/mol. The maximum atomic E-state index is 6.42.